The lowest BCUT2D eigenvalue weighted by atomic mass is 9.79. The zero-order chi connectivity index (χ0) is 21.5. The van der Waals surface area contributed by atoms with Crippen molar-refractivity contribution in [3.05, 3.63) is 59.7 Å². The van der Waals surface area contributed by atoms with Crippen LogP contribution in [0.2, 0.25) is 0 Å². The van der Waals surface area contributed by atoms with E-state index in [9.17, 15) is 23.5 Å². The summed E-state index contributed by atoms with van der Waals surface area (Å²) in [5.41, 5.74) is 2.57. The molecule has 158 valence electrons. The van der Waals surface area contributed by atoms with Gasteiger partial charge < -0.3 is 9.84 Å². The first kappa shape index (κ1) is 20.3. The predicted molar refractivity (Wildman–Crippen MR) is 107 cm³/mol. The average Bonchev–Trinajstić information content (AvgIpc) is 3.05. The summed E-state index contributed by atoms with van der Waals surface area (Å²) in [6.45, 7) is 0.0447. The first-order valence-corrected chi connectivity index (χ1v) is 9.95. The third kappa shape index (κ3) is 3.32. The third-order valence-corrected chi connectivity index (χ3v) is 6.46. The van der Waals surface area contributed by atoms with Crippen LogP contribution in [-0.2, 0) is 9.53 Å². The van der Waals surface area contributed by atoms with Crippen LogP contribution in [0, 0.1) is 0 Å². The number of halogens is 2. The Hall–Kier alpha value is -2.96. The third-order valence-electron chi connectivity index (χ3n) is 6.46. The van der Waals surface area contributed by atoms with E-state index in [1.165, 1.54) is 7.05 Å². The van der Waals surface area contributed by atoms with E-state index in [2.05, 4.69) is 0 Å². The molecule has 2 aromatic rings. The highest BCUT2D eigenvalue weighted by molar-refractivity contribution is 5.84. The number of amides is 1. The van der Waals surface area contributed by atoms with Crippen LogP contribution in [0.5, 0.6) is 0 Å². The Balaban J connectivity index is 1.51. The first-order valence-electron chi connectivity index (χ1n) is 9.95. The van der Waals surface area contributed by atoms with E-state index in [1.807, 2.05) is 48.5 Å². The molecule has 0 heterocycles. The summed E-state index contributed by atoms with van der Waals surface area (Å²) < 4.78 is 32.7. The van der Waals surface area contributed by atoms with E-state index < -0.39 is 36.4 Å². The molecule has 7 heteroatoms. The van der Waals surface area contributed by atoms with Gasteiger partial charge in [-0.1, -0.05) is 48.5 Å². The molecule has 0 atom stereocenters. The molecule has 30 heavy (non-hydrogen) atoms. The fourth-order valence-electron chi connectivity index (χ4n) is 4.59. The van der Waals surface area contributed by atoms with Crippen LogP contribution in [0.25, 0.3) is 11.1 Å². The molecule has 0 aromatic heterocycles. The molecule has 2 aliphatic rings. The van der Waals surface area contributed by atoms with Gasteiger partial charge in [-0.3, -0.25) is 4.90 Å². The Bertz CT molecular complexity index is 935. The Morgan fingerprint density at radius 2 is 1.50 bits per heavy atom. The van der Waals surface area contributed by atoms with Crippen LogP contribution in [0.3, 0.4) is 0 Å². The summed E-state index contributed by atoms with van der Waals surface area (Å²) in [6, 6.07) is 15.8. The quantitative estimate of drug-likeness (QED) is 0.771. The van der Waals surface area contributed by atoms with E-state index >= 15 is 0 Å². The fourth-order valence-corrected chi connectivity index (χ4v) is 4.59. The number of alkyl halides is 2. The van der Waals surface area contributed by atoms with Gasteiger partial charge in [0.2, 0.25) is 5.92 Å². The van der Waals surface area contributed by atoms with Crippen molar-refractivity contribution in [2.75, 3.05) is 13.7 Å². The van der Waals surface area contributed by atoms with Gasteiger partial charge in [0.05, 0.1) is 0 Å². The van der Waals surface area contributed by atoms with Gasteiger partial charge in [0.15, 0.2) is 0 Å². The van der Waals surface area contributed by atoms with Crippen molar-refractivity contribution in [2.24, 2.45) is 0 Å². The number of carbonyl (C=O) groups excluding carboxylic acids is 1. The summed E-state index contributed by atoms with van der Waals surface area (Å²) in [6.07, 6.45) is -2.57. The number of ether oxygens (including phenoxy) is 1. The van der Waals surface area contributed by atoms with Gasteiger partial charge in [-0.2, -0.15) is 0 Å². The predicted octanol–water partition coefficient (Wildman–Crippen LogP) is 4.90. The number of rotatable bonds is 4. The molecule has 1 amide bonds. The maximum Gasteiger partial charge on any atom is 0.410 e. The van der Waals surface area contributed by atoms with Gasteiger partial charge in [0, 0.05) is 25.8 Å². The number of carboxylic acids is 1. The molecule has 0 unspecified atom stereocenters. The van der Waals surface area contributed by atoms with Crippen LogP contribution < -0.4 is 0 Å². The number of hydrogen-bond donors (Lipinski definition) is 1. The standard InChI is InChI=1S/C23H23F2NO4/c1-26(22(20(27)28)10-12-23(24,25)13-11-22)21(29)30-14-19-17-8-4-2-6-15(17)16-7-3-5-9-18(16)19/h2-9,19H,10-14H2,1H3,(H,27,28). The van der Waals surface area contributed by atoms with E-state index in [0.717, 1.165) is 27.2 Å². The molecule has 0 radical (unpaired) electrons. The Morgan fingerprint density at radius 3 is 2.00 bits per heavy atom. The fraction of sp³-hybridized carbons (Fsp3) is 0.391. The average molecular weight is 415 g/mol. The highest BCUT2D eigenvalue weighted by atomic mass is 19.3. The van der Waals surface area contributed by atoms with Gasteiger partial charge in [-0.25, -0.2) is 18.4 Å². The first-order chi connectivity index (χ1) is 14.3. The largest absolute Gasteiger partial charge is 0.479 e. The normalized spacial score (nSPS) is 18.9. The van der Waals surface area contributed by atoms with Crippen LogP contribution >= 0.6 is 0 Å². The lowest BCUT2D eigenvalue weighted by Crippen LogP contribution is -2.58. The SMILES string of the molecule is CN(C(=O)OCC1c2ccccc2-c2ccccc21)C1(C(=O)O)CCC(F)(F)CC1. The van der Waals surface area contributed by atoms with E-state index in [1.54, 1.807) is 0 Å². The second-order valence-corrected chi connectivity index (χ2v) is 8.06. The van der Waals surface area contributed by atoms with Crippen molar-refractivity contribution < 1.29 is 28.2 Å². The van der Waals surface area contributed by atoms with Crippen molar-refractivity contribution in [3.63, 3.8) is 0 Å². The Morgan fingerprint density at radius 1 is 1.00 bits per heavy atom. The van der Waals surface area contributed by atoms with E-state index in [-0.39, 0.29) is 25.4 Å². The van der Waals surface area contributed by atoms with Crippen LogP contribution in [0.4, 0.5) is 13.6 Å². The van der Waals surface area contributed by atoms with Crippen molar-refractivity contribution >= 4 is 12.1 Å². The number of benzene rings is 2. The summed E-state index contributed by atoms with van der Waals surface area (Å²) >= 11 is 0. The minimum absolute atomic E-state index is 0.0447. The minimum Gasteiger partial charge on any atom is -0.479 e. The van der Waals surface area contributed by atoms with Crippen molar-refractivity contribution in [1.82, 2.24) is 4.90 Å². The number of hydrogen-bond acceptors (Lipinski definition) is 3. The van der Waals surface area contributed by atoms with Crippen LogP contribution in [-0.4, -0.2) is 47.2 Å². The molecule has 0 saturated heterocycles. The Labute approximate surface area is 173 Å². The molecule has 4 rings (SSSR count). The van der Waals surface area contributed by atoms with E-state index in [0.29, 0.717) is 0 Å². The lowest BCUT2D eigenvalue weighted by Gasteiger charge is -2.42. The maximum atomic E-state index is 13.6. The number of fused-ring (bicyclic) bond motifs is 3. The monoisotopic (exact) mass is 415 g/mol. The number of carbonyl (C=O) groups is 2. The molecule has 0 spiro atoms. The minimum atomic E-state index is -2.90. The van der Waals surface area contributed by atoms with Crippen molar-refractivity contribution in [1.29, 1.82) is 0 Å². The summed E-state index contributed by atoms with van der Waals surface area (Å²) in [5, 5.41) is 9.72. The lowest BCUT2D eigenvalue weighted by molar-refractivity contribution is -0.158. The second-order valence-electron chi connectivity index (χ2n) is 8.06. The topological polar surface area (TPSA) is 66.8 Å². The molecule has 5 nitrogen and oxygen atoms in total. The van der Waals surface area contributed by atoms with E-state index in [4.69, 9.17) is 4.74 Å². The summed E-state index contributed by atoms with van der Waals surface area (Å²) in [4.78, 5) is 25.7. The smallest absolute Gasteiger partial charge is 0.410 e. The van der Waals surface area contributed by atoms with Crippen molar-refractivity contribution in [3.8, 4) is 11.1 Å². The molecule has 1 N–H and O–H groups in total. The number of aliphatic carboxylic acids is 1. The number of likely N-dealkylation sites (N-methyl/N-ethyl adjacent to an activating group) is 1. The molecule has 0 bridgehead atoms. The van der Waals surface area contributed by atoms with Gasteiger partial charge in [0.25, 0.3) is 0 Å². The van der Waals surface area contributed by atoms with Crippen LogP contribution in [0.1, 0.15) is 42.7 Å². The van der Waals surface area contributed by atoms with Gasteiger partial charge in [0.1, 0.15) is 12.1 Å². The highest BCUT2D eigenvalue weighted by Gasteiger charge is 2.52. The molecular weight excluding hydrogens is 392 g/mol. The zero-order valence-corrected chi connectivity index (χ0v) is 16.6. The molecule has 1 saturated carbocycles. The summed E-state index contributed by atoms with van der Waals surface area (Å²) in [7, 11) is 1.32. The number of nitrogens with zero attached hydrogens (tertiary/aromatic N) is 1. The molecule has 0 aliphatic heterocycles. The molecule has 2 aliphatic carbocycles. The molecule has 2 aromatic carbocycles. The summed E-state index contributed by atoms with van der Waals surface area (Å²) in [5.74, 6) is -4.35. The number of carboxylic acid groups (broad SMARTS) is 1. The Kier molecular flexibility index (Phi) is 5.00. The molecule has 1 fully saturated rings. The highest BCUT2D eigenvalue weighted by Crippen LogP contribution is 2.45. The van der Waals surface area contributed by atoms with Gasteiger partial charge in [-0.05, 0) is 35.1 Å². The molecular formula is C23H23F2NO4. The van der Waals surface area contributed by atoms with Gasteiger partial charge >= 0.3 is 12.1 Å². The van der Waals surface area contributed by atoms with Gasteiger partial charge in [-0.15, -0.1) is 0 Å². The van der Waals surface area contributed by atoms with Crippen molar-refractivity contribution in [2.45, 2.75) is 43.1 Å². The zero-order valence-electron chi connectivity index (χ0n) is 16.6. The second kappa shape index (κ2) is 7.38. The maximum absolute atomic E-state index is 13.6. The van der Waals surface area contributed by atoms with Crippen LogP contribution in [0.15, 0.2) is 48.5 Å².